The molecule has 8 heteroatoms. The standard InChI is InChI=1S/C19H22N4O4/c1-26-15-8-14(10-21-11-15)17(24)23-5-2-19(3-6-23)9-16(27-18(19)25)12-22-7-4-20-13-22/h4,7-8,10-11,13,16H,2-3,5-6,9,12H2,1H3. The number of carbonyl (C=O) groups is 2. The monoisotopic (exact) mass is 370 g/mol. The number of ether oxygens (including phenoxy) is 2. The van der Waals surface area contributed by atoms with Gasteiger partial charge in [-0.1, -0.05) is 0 Å². The molecule has 2 saturated heterocycles. The highest BCUT2D eigenvalue weighted by Gasteiger charge is 2.50. The number of esters is 1. The van der Waals surface area contributed by atoms with E-state index in [1.807, 2.05) is 10.8 Å². The quantitative estimate of drug-likeness (QED) is 0.759. The van der Waals surface area contributed by atoms with Gasteiger partial charge in [0, 0.05) is 38.1 Å². The average molecular weight is 370 g/mol. The summed E-state index contributed by atoms with van der Waals surface area (Å²) in [5.41, 5.74) is 0.0200. The molecule has 2 aliphatic rings. The van der Waals surface area contributed by atoms with Gasteiger partial charge in [0.15, 0.2) is 0 Å². The molecule has 2 aromatic rings. The number of likely N-dealkylation sites (tertiary alicyclic amines) is 1. The summed E-state index contributed by atoms with van der Waals surface area (Å²) in [5, 5.41) is 0. The number of amides is 1. The summed E-state index contributed by atoms with van der Waals surface area (Å²) in [6.45, 7) is 1.68. The van der Waals surface area contributed by atoms with Crippen LogP contribution in [0.25, 0.3) is 0 Å². The molecule has 0 bridgehead atoms. The van der Waals surface area contributed by atoms with E-state index in [-0.39, 0.29) is 18.0 Å². The third-order valence-corrected chi connectivity index (χ3v) is 5.50. The van der Waals surface area contributed by atoms with Crippen LogP contribution in [-0.4, -0.2) is 57.6 Å². The van der Waals surface area contributed by atoms with Crippen LogP contribution in [0.3, 0.4) is 0 Å². The van der Waals surface area contributed by atoms with Crippen LogP contribution in [0.2, 0.25) is 0 Å². The summed E-state index contributed by atoms with van der Waals surface area (Å²) in [6, 6.07) is 1.69. The molecule has 4 heterocycles. The van der Waals surface area contributed by atoms with Gasteiger partial charge in [-0.3, -0.25) is 14.6 Å². The van der Waals surface area contributed by atoms with Crippen molar-refractivity contribution in [3.63, 3.8) is 0 Å². The lowest BCUT2D eigenvalue weighted by atomic mass is 9.76. The molecule has 0 radical (unpaired) electrons. The Labute approximate surface area is 157 Å². The number of piperidine rings is 1. The first-order valence-corrected chi connectivity index (χ1v) is 9.05. The highest BCUT2D eigenvalue weighted by Crippen LogP contribution is 2.43. The van der Waals surface area contributed by atoms with E-state index >= 15 is 0 Å². The van der Waals surface area contributed by atoms with Gasteiger partial charge in [0.2, 0.25) is 0 Å². The molecule has 27 heavy (non-hydrogen) atoms. The maximum Gasteiger partial charge on any atom is 0.312 e. The van der Waals surface area contributed by atoms with Crippen molar-refractivity contribution in [3.8, 4) is 5.75 Å². The Kier molecular flexibility index (Phi) is 4.55. The lowest BCUT2D eigenvalue weighted by Gasteiger charge is -2.36. The summed E-state index contributed by atoms with van der Waals surface area (Å²) in [5.74, 6) is 0.330. The SMILES string of the molecule is COc1cncc(C(=O)N2CCC3(CC2)CC(Cn2ccnc2)OC3=O)c1. The maximum absolute atomic E-state index is 12.7. The van der Waals surface area contributed by atoms with E-state index in [9.17, 15) is 9.59 Å². The predicted molar refractivity (Wildman–Crippen MR) is 95.1 cm³/mol. The number of methoxy groups -OCH3 is 1. The highest BCUT2D eigenvalue weighted by molar-refractivity contribution is 5.94. The van der Waals surface area contributed by atoms with Crippen molar-refractivity contribution in [2.45, 2.75) is 31.9 Å². The average Bonchev–Trinajstić information content (AvgIpc) is 3.30. The first-order chi connectivity index (χ1) is 13.1. The minimum Gasteiger partial charge on any atom is -0.495 e. The van der Waals surface area contributed by atoms with Crippen LogP contribution < -0.4 is 4.74 Å². The fraction of sp³-hybridized carbons (Fsp3) is 0.474. The number of hydrogen-bond acceptors (Lipinski definition) is 6. The van der Waals surface area contributed by atoms with Gasteiger partial charge in [0.25, 0.3) is 5.91 Å². The zero-order valence-corrected chi connectivity index (χ0v) is 15.2. The van der Waals surface area contributed by atoms with E-state index < -0.39 is 5.41 Å². The van der Waals surface area contributed by atoms with Gasteiger partial charge < -0.3 is 18.9 Å². The van der Waals surface area contributed by atoms with Crippen LogP contribution in [0, 0.1) is 5.41 Å². The lowest BCUT2D eigenvalue weighted by molar-refractivity contribution is -0.150. The Morgan fingerprint density at radius 1 is 1.33 bits per heavy atom. The molecule has 142 valence electrons. The minimum absolute atomic E-state index is 0.0856. The Morgan fingerprint density at radius 3 is 2.85 bits per heavy atom. The Morgan fingerprint density at radius 2 is 2.15 bits per heavy atom. The second kappa shape index (κ2) is 7.02. The van der Waals surface area contributed by atoms with Crippen LogP contribution in [0.4, 0.5) is 0 Å². The van der Waals surface area contributed by atoms with E-state index in [1.54, 1.807) is 43.0 Å². The van der Waals surface area contributed by atoms with Crippen LogP contribution >= 0.6 is 0 Å². The molecule has 0 aromatic carbocycles. The summed E-state index contributed by atoms with van der Waals surface area (Å²) in [4.78, 5) is 35.1. The molecule has 4 rings (SSSR count). The molecular formula is C19H22N4O4. The van der Waals surface area contributed by atoms with Crippen molar-refractivity contribution >= 4 is 11.9 Å². The van der Waals surface area contributed by atoms with E-state index in [0.717, 1.165) is 0 Å². The van der Waals surface area contributed by atoms with E-state index in [1.165, 1.54) is 0 Å². The molecule has 1 atom stereocenters. The van der Waals surface area contributed by atoms with Crippen LogP contribution in [0.1, 0.15) is 29.6 Å². The third-order valence-electron chi connectivity index (χ3n) is 5.50. The third kappa shape index (κ3) is 3.39. The van der Waals surface area contributed by atoms with Gasteiger partial charge in [-0.2, -0.15) is 0 Å². The summed E-state index contributed by atoms with van der Waals surface area (Å²) in [7, 11) is 1.54. The number of rotatable bonds is 4. The molecule has 0 N–H and O–H groups in total. The van der Waals surface area contributed by atoms with Crippen molar-refractivity contribution in [1.82, 2.24) is 19.4 Å². The van der Waals surface area contributed by atoms with Gasteiger partial charge in [0.1, 0.15) is 11.9 Å². The largest absolute Gasteiger partial charge is 0.495 e. The summed E-state index contributed by atoms with van der Waals surface area (Å²) in [6.07, 6.45) is 10.2. The number of imidazole rings is 1. The molecule has 0 aliphatic carbocycles. The number of nitrogens with zero attached hydrogens (tertiary/aromatic N) is 4. The highest BCUT2D eigenvalue weighted by atomic mass is 16.6. The van der Waals surface area contributed by atoms with Crippen molar-refractivity contribution in [3.05, 3.63) is 42.7 Å². The number of carbonyl (C=O) groups excluding carboxylic acids is 2. The first-order valence-electron chi connectivity index (χ1n) is 9.05. The van der Waals surface area contributed by atoms with Gasteiger partial charge >= 0.3 is 5.97 Å². The zero-order valence-electron chi connectivity index (χ0n) is 15.2. The molecule has 2 fully saturated rings. The smallest absolute Gasteiger partial charge is 0.312 e. The van der Waals surface area contributed by atoms with Gasteiger partial charge in [-0.15, -0.1) is 0 Å². The minimum atomic E-state index is -0.478. The topological polar surface area (TPSA) is 86.6 Å². The molecule has 2 aliphatic heterocycles. The lowest BCUT2D eigenvalue weighted by Crippen LogP contribution is -2.45. The number of cyclic esters (lactones) is 1. The van der Waals surface area contributed by atoms with Crippen molar-refractivity contribution < 1.29 is 19.1 Å². The zero-order chi connectivity index (χ0) is 18.9. The fourth-order valence-electron chi connectivity index (χ4n) is 3.94. The maximum atomic E-state index is 12.7. The Bertz CT molecular complexity index is 828. The fourth-order valence-corrected chi connectivity index (χ4v) is 3.94. The predicted octanol–water partition coefficient (Wildman–Crippen LogP) is 1.52. The van der Waals surface area contributed by atoms with Crippen molar-refractivity contribution in [2.75, 3.05) is 20.2 Å². The second-order valence-corrected chi connectivity index (χ2v) is 7.18. The van der Waals surface area contributed by atoms with Gasteiger partial charge in [-0.05, 0) is 18.9 Å². The molecule has 1 unspecified atom stereocenters. The Balaban J connectivity index is 1.39. The normalized spacial score (nSPS) is 21.3. The van der Waals surface area contributed by atoms with Crippen molar-refractivity contribution in [2.24, 2.45) is 5.41 Å². The second-order valence-electron chi connectivity index (χ2n) is 7.18. The van der Waals surface area contributed by atoms with E-state index in [0.29, 0.717) is 50.2 Å². The Hall–Kier alpha value is -2.90. The molecule has 2 aromatic heterocycles. The molecule has 8 nitrogen and oxygen atoms in total. The number of aromatic nitrogens is 3. The van der Waals surface area contributed by atoms with Crippen molar-refractivity contribution in [1.29, 1.82) is 0 Å². The van der Waals surface area contributed by atoms with E-state index in [2.05, 4.69) is 9.97 Å². The number of hydrogen-bond donors (Lipinski definition) is 0. The molecular weight excluding hydrogens is 348 g/mol. The molecule has 1 spiro atoms. The van der Waals surface area contributed by atoms with Gasteiger partial charge in [-0.25, -0.2) is 4.98 Å². The van der Waals surface area contributed by atoms with Crippen LogP contribution in [-0.2, 0) is 16.1 Å². The molecule has 0 saturated carbocycles. The summed E-state index contributed by atoms with van der Waals surface area (Å²) < 4.78 is 12.7. The molecule has 1 amide bonds. The van der Waals surface area contributed by atoms with Gasteiger partial charge in [0.05, 0.1) is 37.2 Å². The number of pyridine rings is 1. The first kappa shape index (κ1) is 17.5. The van der Waals surface area contributed by atoms with Crippen LogP contribution in [0.15, 0.2) is 37.2 Å². The van der Waals surface area contributed by atoms with E-state index in [4.69, 9.17) is 9.47 Å². The van der Waals surface area contributed by atoms with Crippen LogP contribution in [0.5, 0.6) is 5.75 Å². The summed E-state index contributed by atoms with van der Waals surface area (Å²) >= 11 is 0.